The summed E-state index contributed by atoms with van der Waals surface area (Å²) < 4.78 is 12.4. The summed E-state index contributed by atoms with van der Waals surface area (Å²) in [5, 5.41) is 0. The summed E-state index contributed by atoms with van der Waals surface area (Å²) in [6, 6.07) is 0. The van der Waals surface area contributed by atoms with E-state index in [1.54, 1.807) is 11.8 Å². The average molecular weight is 152 g/mol. The molecule has 0 aromatic heterocycles. The SMILES string of the molecule is CSC(S)C1CC1F. The molecule has 1 saturated carbocycles. The van der Waals surface area contributed by atoms with Gasteiger partial charge in [-0.1, -0.05) is 0 Å². The molecule has 0 heterocycles. The predicted molar refractivity (Wildman–Crippen MR) is 39.3 cm³/mol. The molecule has 3 atom stereocenters. The van der Waals surface area contributed by atoms with E-state index in [9.17, 15) is 4.39 Å². The Labute approximate surface area is 58.6 Å². The van der Waals surface area contributed by atoms with E-state index in [1.807, 2.05) is 6.26 Å². The second-order valence-corrected chi connectivity index (χ2v) is 3.93. The lowest BCUT2D eigenvalue weighted by Crippen LogP contribution is -1.95. The molecular formula is C5H9FS2. The first kappa shape index (κ1) is 6.75. The number of hydrogen-bond donors (Lipinski definition) is 1. The van der Waals surface area contributed by atoms with Crippen molar-refractivity contribution < 1.29 is 4.39 Å². The highest BCUT2D eigenvalue weighted by atomic mass is 32.2. The monoisotopic (exact) mass is 152 g/mol. The molecule has 0 saturated heterocycles. The minimum Gasteiger partial charge on any atom is -0.247 e. The second-order valence-electron chi connectivity index (χ2n) is 2.04. The summed E-state index contributed by atoms with van der Waals surface area (Å²) in [4.78, 5) is 0. The first-order valence-electron chi connectivity index (χ1n) is 2.60. The lowest BCUT2D eigenvalue weighted by Gasteiger charge is -2.01. The molecule has 0 bridgehead atoms. The molecular weight excluding hydrogens is 143 g/mol. The lowest BCUT2D eigenvalue weighted by atomic mass is 10.5. The van der Waals surface area contributed by atoms with Crippen molar-refractivity contribution in [3.63, 3.8) is 0 Å². The molecule has 8 heavy (non-hydrogen) atoms. The van der Waals surface area contributed by atoms with Gasteiger partial charge in [0.1, 0.15) is 6.17 Å². The Morgan fingerprint density at radius 3 is 2.50 bits per heavy atom. The Morgan fingerprint density at radius 2 is 2.38 bits per heavy atom. The van der Waals surface area contributed by atoms with Gasteiger partial charge in [-0.25, -0.2) is 4.39 Å². The van der Waals surface area contributed by atoms with Crippen LogP contribution in [0.1, 0.15) is 6.42 Å². The molecule has 0 nitrogen and oxygen atoms in total. The van der Waals surface area contributed by atoms with Gasteiger partial charge in [-0.2, -0.15) is 24.4 Å². The number of thiol groups is 1. The zero-order valence-electron chi connectivity index (χ0n) is 4.67. The lowest BCUT2D eigenvalue weighted by molar-refractivity contribution is 0.453. The van der Waals surface area contributed by atoms with Crippen LogP contribution in [0, 0.1) is 5.92 Å². The Balaban J connectivity index is 2.18. The Morgan fingerprint density at radius 1 is 1.88 bits per heavy atom. The summed E-state index contributed by atoms with van der Waals surface area (Å²) in [7, 11) is 0. The topological polar surface area (TPSA) is 0 Å². The molecule has 1 aliphatic rings. The summed E-state index contributed by atoms with van der Waals surface area (Å²) in [5.41, 5.74) is 0. The molecule has 0 aromatic rings. The zero-order chi connectivity index (χ0) is 6.15. The van der Waals surface area contributed by atoms with Crippen LogP contribution in [0.3, 0.4) is 0 Å². The third-order valence-electron chi connectivity index (χ3n) is 1.37. The number of thioether (sulfide) groups is 1. The van der Waals surface area contributed by atoms with E-state index in [0.717, 1.165) is 6.42 Å². The van der Waals surface area contributed by atoms with E-state index >= 15 is 0 Å². The Hall–Kier alpha value is 0.630. The van der Waals surface area contributed by atoms with Crippen LogP contribution in [0.15, 0.2) is 0 Å². The predicted octanol–water partition coefficient (Wildman–Crippen LogP) is 1.96. The Kier molecular flexibility index (Phi) is 2.09. The summed E-state index contributed by atoms with van der Waals surface area (Å²) in [6.45, 7) is 0. The fourth-order valence-corrected chi connectivity index (χ4v) is 1.59. The van der Waals surface area contributed by atoms with Crippen LogP contribution < -0.4 is 0 Å². The van der Waals surface area contributed by atoms with Crippen molar-refractivity contribution in [3.8, 4) is 0 Å². The van der Waals surface area contributed by atoms with Gasteiger partial charge in [0.15, 0.2) is 0 Å². The molecule has 1 aliphatic carbocycles. The highest BCUT2D eigenvalue weighted by Gasteiger charge is 2.41. The summed E-state index contributed by atoms with van der Waals surface area (Å²) in [6.07, 6.45) is 2.14. The van der Waals surface area contributed by atoms with Gasteiger partial charge < -0.3 is 0 Å². The minimum absolute atomic E-state index is 0.227. The highest BCUT2D eigenvalue weighted by Crippen LogP contribution is 2.42. The van der Waals surface area contributed by atoms with Gasteiger partial charge in [-0.15, -0.1) is 0 Å². The fourth-order valence-electron chi connectivity index (χ4n) is 0.651. The smallest absolute Gasteiger partial charge is 0.105 e. The van der Waals surface area contributed by atoms with Crippen molar-refractivity contribution in [3.05, 3.63) is 0 Å². The molecule has 0 N–H and O–H groups in total. The number of rotatable bonds is 2. The molecule has 1 fully saturated rings. The van der Waals surface area contributed by atoms with Crippen molar-refractivity contribution in [2.75, 3.05) is 6.26 Å². The molecule has 3 unspecified atom stereocenters. The first-order valence-corrected chi connectivity index (χ1v) is 4.41. The molecule has 0 aliphatic heterocycles. The first-order chi connectivity index (χ1) is 3.75. The number of halogens is 1. The molecule has 1 rings (SSSR count). The molecule has 48 valence electrons. The van der Waals surface area contributed by atoms with Gasteiger partial charge in [0.05, 0.1) is 4.58 Å². The normalized spacial score (nSPS) is 39.4. The maximum absolute atomic E-state index is 12.2. The molecule has 0 radical (unpaired) electrons. The van der Waals surface area contributed by atoms with Crippen LogP contribution >= 0.6 is 24.4 Å². The van der Waals surface area contributed by atoms with Crippen LogP contribution in [-0.2, 0) is 0 Å². The van der Waals surface area contributed by atoms with Crippen molar-refractivity contribution in [1.29, 1.82) is 0 Å². The maximum atomic E-state index is 12.2. The van der Waals surface area contributed by atoms with E-state index < -0.39 is 6.17 Å². The van der Waals surface area contributed by atoms with Gasteiger partial charge in [-0.3, -0.25) is 0 Å². The van der Waals surface area contributed by atoms with E-state index in [4.69, 9.17) is 0 Å². The third-order valence-corrected chi connectivity index (χ3v) is 3.21. The summed E-state index contributed by atoms with van der Waals surface area (Å²) in [5.74, 6) is 0.244. The van der Waals surface area contributed by atoms with Gasteiger partial charge in [0.25, 0.3) is 0 Å². The number of hydrogen-bond acceptors (Lipinski definition) is 2. The van der Waals surface area contributed by atoms with E-state index in [1.165, 1.54) is 0 Å². The van der Waals surface area contributed by atoms with Gasteiger partial charge in [0, 0.05) is 5.92 Å². The van der Waals surface area contributed by atoms with Gasteiger partial charge in [0.2, 0.25) is 0 Å². The third kappa shape index (κ3) is 1.32. The van der Waals surface area contributed by atoms with Crippen molar-refractivity contribution in [1.82, 2.24) is 0 Å². The molecule has 0 aromatic carbocycles. The Bertz CT molecular complexity index is 84.5. The highest BCUT2D eigenvalue weighted by molar-refractivity contribution is 8.09. The molecule has 0 amide bonds. The van der Waals surface area contributed by atoms with Gasteiger partial charge in [-0.05, 0) is 12.7 Å². The van der Waals surface area contributed by atoms with Crippen molar-refractivity contribution in [2.24, 2.45) is 5.92 Å². The van der Waals surface area contributed by atoms with Crippen molar-refractivity contribution in [2.45, 2.75) is 17.2 Å². The van der Waals surface area contributed by atoms with Crippen molar-refractivity contribution >= 4 is 24.4 Å². The molecule has 3 heteroatoms. The standard InChI is InChI=1S/C5H9FS2/c1-8-5(7)3-2-4(3)6/h3-5,7H,2H2,1H3. The van der Waals surface area contributed by atoms with Crippen LogP contribution in [0.5, 0.6) is 0 Å². The fraction of sp³-hybridized carbons (Fsp3) is 1.00. The second kappa shape index (κ2) is 2.48. The zero-order valence-corrected chi connectivity index (χ0v) is 6.38. The van der Waals surface area contributed by atoms with E-state index in [0.29, 0.717) is 0 Å². The minimum atomic E-state index is -0.551. The van der Waals surface area contributed by atoms with E-state index in [2.05, 4.69) is 12.6 Å². The van der Waals surface area contributed by atoms with Crippen LogP contribution in [-0.4, -0.2) is 17.0 Å². The largest absolute Gasteiger partial charge is 0.247 e. The number of alkyl halides is 1. The maximum Gasteiger partial charge on any atom is 0.105 e. The van der Waals surface area contributed by atoms with Crippen LogP contribution in [0.4, 0.5) is 4.39 Å². The van der Waals surface area contributed by atoms with E-state index in [-0.39, 0.29) is 10.5 Å². The average Bonchev–Trinajstić information content (AvgIpc) is 2.45. The quantitative estimate of drug-likeness (QED) is 0.466. The molecule has 0 spiro atoms. The summed E-state index contributed by atoms with van der Waals surface area (Å²) >= 11 is 5.79. The van der Waals surface area contributed by atoms with Crippen LogP contribution in [0.25, 0.3) is 0 Å². The van der Waals surface area contributed by atoms with Crippen LogP contribution in [0.2, 0.25) is 0 Å². The van der Waals surface area contributed by atoms with Gasteiger partial charge >= 0.3 is 0 Å².